The molecule has 2 aromatic carbocycles. The molecule has 5 heteroatoms. The summed E-state index contributed by atoms with van der Waals surface area (Å²) in [6.07, 6.45) is 0.826. The molecule has 0 radical (unpaired) electrons. The van der Waals surface area contributed by atoms with Crippen LogP contribution in [0, 0.1) is 6.92 Å². The van der Waals surface area contributed by atoms with E-state index in [1.165, 1.54) is 5.56 Å². The average Bonchev–Trinajstić information content (AvgIpc) is 2.73. The van der Waals surface area contributed by atoms with Crippen LogP contribution in [0.2, 0.25) is 0 Å². The lowest BCUT2D eigenvalue weighted by atomic mass is 10.0. The molecule has 1 N–H and O–H groups in total. The third-order valence-electron chi connectivity index (χ3n) is 5.26. The van der Waals surface area contributed by atoms with Crippen molar-refractivity contribution in [1.29, 1.82) is 0 Å². The molecular weight excluding hydrogens is 352 g/mol. The van der Waals surface area contributed by atoms with E-state index in [0.717, 1.165) is 56.1 Å². The number of aryl methyl sites for hydroxylation is 1. The fraction of sp³-hybridized carbons (Fsp3) is 0.435. The highest BCUT2D eigenvalue weighted by Gasteiger charge is 2.16. The standard InChI is InChI=1S/C23H30N2O3/c1-4-21(20-9-10-22(27-3)17(2)15-20)24-23(26)19-7-5-18(6-8-19)16-25-11-13-28-14-12-25/h5-10,15,21H,4,11-14,16H2,1-3H3,(H,24,26). The molecule has 5 nitrogen and oxygen atoms in total. The van der Waals surface area contributed by atoms with Crippen LogP contribution in [0.5, 0.6) is 5.75 Å². The summed E-state index contributed by atoms with van der Waals surface area (Å²) < 4.78 is 10.7. The molecular formula is C23H30N2O3. The normalized spacial score (nSPS) is 15.8. The zero-order chi connectivity index (χ0) is 19.9. The van der Waals surface area contributed by atoms with Gasteiger partial charge in [-0.2, -0.15) is 0 Å². The van der Waals surface area contributed by atoms with Gasteiger partial charge in [0.25, 0.3) is 5.91 Å². The minimum Gasteiger partial charge on any atom is -0.496 e. The summed E-state index contributed by atoms with van der Waals surface area (Å²) in [6.45, 7) is 8.50. The molecule has 1 aliphatic rings. The second-order valence-electron chi connectivity index (χ2n) is 7.25. The van der Waals surface area contributed by atoms with Crippen molar-refractivity contribution in [3.05, 3.63) is 64.7 Å². The van der Waals surface area contributed by atoms with Crippen LogP contribution in [-0.4, -0.2) is 44.2 Å². The molecule has 1 aliphatic heterocycles. The van der Waals surface area contributed by atoms with Gasteiger partial charge in [-0.3, -0.25) is 9.69 Å². The average molecular weight is 383 g/mol. The second kappa shape index (κ2) is 9.71. The Morgan fingerprint density at radius 1 is 1.18 bits per heavy atom. The number of ether oxygens (including phenoxy) is 2. The topological polar surface area (TPSA) is 50.8 Å². The van der Waals surface area contributed by atoms with Crippen LogP contribution in [0.25, 0.3) is 0 Å². The minimum absolute atomic E-state index is 0.0230. The van der Waals surface area contributed by atoms with Gasteiger partial charge in [-0.25, -0.2) is 0 Å². The number of morpholine rings is 1. The Morgan fingerprint density at radius 2 is 1.89 bits per heavy atom. The fourth-order valence-corrected chi connectivity index (χ4v) is 3.56. The van der Waals surface area contributed by atoms with Crippen molar-refractivity contribution in [2.24, 2.45) is 0 Å². The highest BCUT2D eigenvalue weighted by molar-refractivity contribution is 5.94. The first-order valence-electron chi connectivity index (χ1n) is 9.95. The van der Waals surface area contributed by atoms with E-state index < -0.39 is 0 Å². The van der Waals surface area contributed by atoms with Gasteiger partial charge in [0.15, 0.2) is 0 Å². The van der Waals surface area contributed by atoms with Crippen LogP contribution in [0.4, 0.5) is 0 Å². The van der Waals surface area contributed by atoms with Crippen LogP contribution in [0.15, 0.2) is 42.5 Å². The Labute approximate surface area is 167 Å². The largest absolute Gasteiger partial charge is 0.496 e. The Balaban J connectivity index is 1.63. The number of carbonyl (C=O) groups excluding carboxylic acids is 1. The number of carbonyl (C=O) groups is 1. The van der Waals surface area contributed by atoms with Crippen molar-refractivity contribution in [1.82, 2.24) is 10.2 Å². The van der Waals surface area contributed by atoms with Crippen molar-refractivity contribution >= 4 is 5.91 Å². The molecule has 0 aliphatic carbocycles. The van der Waals surface area contributed by atoms with Crippen LogP contribution < -0.4 is 10.1 Å². The van der Waals surface area contributed by atoms with Gasteiger partial charge >= 0.3 is 0 Å². The van der Waals surface area contributed by atoms with Gasteiger partial charge in [-0.1, -0.05) is 31.2 Å². The lowest BCUT2D eigenvalue weighted by Gasteiger charge is -2.26. The first-order chi connectivity index (χ1) is 13.6. The van der Waals surface area contributed by atoms with Crippen LogP contribution in [0.1, 0.15) is 46.4 Å². The number of amides is 1. The maximum atomic E-state index is 12.7. The number of nitrogens with zero attached hydrogens (tertiary/aromatic N) is 1. The van der Waals surface area contributed by atoms with Gasteiger partial charge in [0.05, 0.1) is 26.4 Å². The molecule has 1 amide bonds. The molecule has 1 atom stereocenters. The summed E-state index contributed by atoms with van der Waals surface area (Å²) >= 11 is 0. The second-order valence-corrected chi connectivity index (χ2v) is 7.25. The third-order valence-corrected chi connectivity index (χ3v) is 5.26. The third kappa shape index (κ3) is 5.12. The van der Waals surface area contributed by atoms with Crippen molar-refractivity contribution in [3.8, 4) is 5.75 Å². The van der Waals surface area contributed by atoms with Crippen molar-refractivity contribution in [2.75, 3.05) is 33.4 Å². The van der Waals surface area contributed by atoms with E-state index in [4.69, 9.17) is 9.47 Å². The molecule has 1 saturated heterocycles. The number of benzene rings is 2. The summed E-state index contributed by atoms with van der Waals surface area (Å²) in [5.41, 5.74) is 4.07. The molecule has 1 unspecified atom stereocenters. The Bertz CT molecular complexity index is 783. The SMILES string of the molecule is CCC(NC(=O)c1ccc(CN2CCOCC2)cc1)c1ccc(OC)c(C)c1. The molecule has 0 saturated carbocycles. The summed E-state index contributed by atoms with van der Waals surface area (Å²) in [5, 5.41) is 3.16. The highest BCUT2D eigenvalue weighted by Crippen LogP contribution is 2.24. The zero-order valence-electron chi connectivity index (χ0n) is 17.0. The van der Waals surface area contributed by atoms with Crippen molar-refractivity contribution in [3.63, 3.8) is 0 Å². The Kier molecular flexibility index (Phi) is 7.06. The van der Waals surface area contributed by atoms with Gasteiger partial charge in [0.1, 0.15) is 5.75 Å². The molecule has 0 spiro atoms. The zero-order valence-corrected chi connectivity index (χ0v) is 17.0. The predicted octanol–water partition coefficient (Wildman–Crippen LogP) is 3.72. The number of hydrogen-bond acceptors (Lipinski definition) is 4. The molecule has 2 aromatic rings. The molecule has 1 heterocycles. The van der Waals surface area contributed by atoms with Gasteiger partial charge in [-0.15, -0.1) is 0 Å². The van der Waals surface area contributed by atoms with E-state index in [-0.39, 0.29) is 11.9 Å². The van der Waals surface area contributed by atoms with Gasteiger partial charge in [-0.05, 0) is 48.2 Å². The molecule has 0 aromatic heterocycles. The first kappa shape index (κ1) is 20.4. The quantitative estimate of drug-likeness (QED) is 0.793. The van der Waals surface area contributed by atoms with Crippen molar-refractivity contribution < 1.29 is 14.3 Å². The molecule has 150 valence electrons. The van der Waals surface area contributed by atoms with Gasteiger partial charge < -0.3 is 14.8 Å². The first-order valence-corrected chi connectivity index (χ1v) is 9.95. The predicted molar refractivity (Wildman–Crippen MR) is 111 cm³/mol. The molecule has 28 heavy (non-hydrogen) atoms. The summed E-state index contributed by atoms with van der Waals surface area (Å²) in [6, 6.07) is 14.0. The maximum Gasteiger partial charge on any atom is 0.251 e. The summed E-state index contributed by atoms with van der Waals surface area (Å²) in [4.78, 5) is 15.1. The van der Waals surface area contributed by atoms with Crippen LogP contribution in [0.3, 0.4) is 0 Å². The van der Waals surface area contributed by atoms with E-state index in [2.05, 4.69) is 23.2 Å². The number of rotatable bonds is 7. The van der Waals surface area contributed by atoms with E-state index in [0.29, 0.717) is 5.56 Å². The van der Waals surface area contributed by atoms with E-state index in [9.17, 15) is 4.79 Å². The lowest BCUT2D eigenvalue weighted by Crippen LogP contribution is -2.35. The Hall–Kier alpha value is -2.37. The summed E-state index contributed by atoms with van der Waals surface area (Å²) in [7, 11) is 1.67. The van der Waals surface area contributed by atoms with E-state index >= 15 is 0 Å². The smallest absolute Gasteiger partial charge is 0.251 e. The fourth-order valence-electron chi connectivity index (χ4n) is 3.56. The lowest BCUT2D eigenvalue weighted by molar-refractivity contribution is 0.0342. The molecule has 3 rings (SSSR count). The van der Waals surface area contributed by atoms with Crippen LogP contribution >= 0.6 is 0 Å². The highest BCUT2D eigenvalue weighted by atomic mass is 16.5. The van der Waals surface area contributed by atoms with Gasteiger partial charge in [0, 0.05) is 25.2 Å². The van der Waals surface area contributed by atoms with Crippen molar-refractivity contribution in [2.45, 2.75) is 32.9 Å². The van der Waals surface area contributed by atoms with Gasteiger partial charge in [0.2, 0.25) is 0 Å². The van der Waals surface area contributed by atoms with Crippen LogP contribution in [-0.2, 0) is 11.3 Å². The summed E-state index contributed by atoms with van der Waals surface area (Å²) in [5.74, 6) is 0.819. The van der Waals surface area contributed by atoms with E-state index in [1.54, 1.807) is 7.11 Å². The minimum atomic E-state index is -0.0433. The molecule has 0 bridgehead atoms. The number of nitrogens with one attached hydrogen (secondary N) is 1. The molecule has 1 fully saturated rings. The monoisotopic (exact) mass is 382 g/mol. The number of methoxy groups -OCH3 is 1. The number of hydrogen-bond donors (Lipinski definition) is 1. The maximum absolute atomic E-state index is 12.7. The Morgan fingerprint density at radius 3 is 2.50 bits per heavy atom. The van der Waals surface area contributed by atoms with E-state index in [1.807, 2.05) is 43.3 Å².